The maximum atomic E-state index is 9.02. The molecule has 0 aliphatic heterocycles. The second-order valence-corrected chi connectivity index (χ2v) is 4.96. The molecule has 0 unspecified atom stereocenters. The molecule has 2 aromatic carbocycles. The summed E-state index contributed by atoms with van der Waals surface area (Å²) in [6.45, 7) is 4.20. The van der Waals surface area contributed by atoms with Crippen LogP contribution in [0.3, 0.4) is 0 Å². The van der Waals surface area contributed by atoms with Crippen LogP contribution >= 0.6 is 0 Å². The summed E-state index contributed by atoms with van der Waals surface area (Å²) in [7, 11) is 2.02. The summed E-state index contributed by atoms with van der Waals surface area (Å²) in [4.78, 5) is 2.10. The number of nitriles is 1. The Morgan fingerprint density at radius 2 is 1.90 bits per heavy atom. The van der Waals surface area contributed by atoms with E-state index in [-0.39, 0.29) is 0 Å². The van der Waals surface area contributed by atoms with E-state index < -0.39 is 0 Å². The Labute approximate surface area is 127 Å². The van der Waals surface area contributed by atoms with E-state index in [1.165, 1.54) is 11.1 Å². The minimum atomic E-state index is 0.679. The zero-order valence-electron chi connectivity index (χ0n) is 12.8. The van der Waals surface area contributed by atoms with Crippen molar-refractivity contribution in [2.24, 2.45) is 0 Å². The molecule has 0 heterocycles. The molecule has 0 atom stereocenters. The Kier molecular flexibility index (Phi) is 4.79. The van der Waals surface area contributed by atoms with Crippen molar-refractivity contribution in [2.45, 2.75) is 20.3 Å². The predicted octanol–water partition coefficient (Wildman–Crippen LogP) is 4.92. The van der Waals surface area contributed by atoms with Crippen LogP contribution in [-0.4, -0.2) is 7.05 Å². The second-order valence-electron chi connectivity index (χ2n) is 4.96. The summed E-state index contributed by atoms with van der Waals surface area (Å²) in [5, 5.41) is 9.02. The molecule has 2 heteroatoms. The number of hydrogen-bond acceptors (Lipinski definition) is 2. The Balaban J connectivity index is 2.41. The van der Waals surface area contributed by atoms with E-state index in [2.05, 4.69) is 48.2 Å². The lowest BCUT2D eigenvalue weighted by Gasteiger charge is -2.21. The van der Waals surface area contributed by atoms with E-state index in [9.17, 15) is 0 Å². The van der Waals surface area contributed by atoms with Crippen LogP contribution in [0.1, 0.15) is 30.5 Å². The Hall–Kier alpha value is -2.53. The van der Waals surface area contributed by atoms with Crippen LogP contribution in [0.4, 0.5) is 11.4 Å². The monoisotopic (exact) mass is 276 g/mol. The van der Waals surface area contributed by atoms with Crippen molar-refractivity contribution in [3.8, 4) is 6.07 Å². The fourth-order valence-corrected chi connectivity index (χ4v) is 2.38. The van der Waals surface area contributed by atoms with Crippen molar-refractivity contribution < 1.29 is 0 Å². The normalized spacial score (nSPS) is 10.6. The molecule has 2 aromatic rings. The quantitative estimate of drug-likeness (QED) is 0.792. The fourth-order valence-electron chi connectivity index (χ4n) is 2.38. The highest BCUT2D eigenvalue weighted by Crippen LogP contribution is 2.27. The van der Waals surface area contributed by atoms with Gasteiger partial charge in [0.05, 0.1) is 11.6 Å². The SMILES string of the molecule is C/C=C\c1cc(N(C)c2cccc(C#N)c2)ccc1CC. The van der Waals surface area contributed by atoms with Gasteiger partial charge in [-0.05, 0) is 54.8 Å². The molecule has 0 N–H and O–H groups in total. The maximum absolute atomic E-state index is 9.02. The van der Waals surface area contributed by atoms with E-state index in [0.29, 0.717) is 5.56 Å². The highest BCUT2D eigenvalue weighted by molar-refractivity contribution is 5.68. The van der Waals surface area contributed by atoms with Gasteiger partial charge in [-0.25, -0.2) is 0 Å². The Bertz CT molecular complexity index is 693. The van der Waals surface area contributed by atoms with E-state index in [1.54, 1.807) is 0 Å². The molecule has 0 saturated carbocycles. The summed E-state index contributed by atoms with van der Waals surface area (Å²) in [5.41, 5.74) is 5.41. The molecule has 2 rings (SSSR count). The molecule has 0 radical (unpaired) electrons. The van der Waals surface area contributed by atoms with Crippen LogP contribution in [-0.2, 0) is 6.42 Å². The minimum absolute atomic E-state index is 0.679. The van der Waals surface area contributed by atoms with E-state index in [1.807, 2.05) is 38.2 Å². The number of hydrogen-bond donors (Lipinski definition) is 0. The van der Waals surface area contributed by atoms with Gasteiger partial charge >= 0.3 is 0 Å². The molecule has 0 aliphatic rings. The number of nitrogens with zero attached hydrogens (tertiary/aromatic N) is 2. The van der Waals surface area contributed by atoms with Gasteiger partial charge in [0.25, 0.3) is 0 Å². The lowest BCUT2D eigenvalue weighted by Crippen LogP contribution is -2.10. The molecule has 0 saturated heterocycles. The van der Waals surface area contributed by atoms with Crippen LogP contribution in [0.2, 0.25) is 0 Å². The van der Waals surface area contributed by atoms with Crippen molar-refractivity contribution in [3.63, 3.8) is 0 Å². The van der Waals surface area contributed by atoms with Gasteiger partial charge in [-0.15, -0.1) is 0 Å². The standard InChI is InChI=1S/C19H20N2/c1-4-7-17-13-19(11-10-16(17)5-2)21(3)18-9-6-8-15(12-18)14-20/h4,6-13H,5H2,1-3H3/b7-4-. The van der Waals surface area contributed by atoms with Gasteiger partial charge < -0.3 is 4.90 Å². The van der Waals surface area contributed by atoms with Gasteiger partial charge in [-0.1, -0.05) is 31.2 Å². The highest BCUT2D eigenvalue weighted by atomic mass is 15.1. The third kappa shape index (κ3) is 3.32. The molecule has 106 valence electrons. The number of benzene rings is 2. The first-order valence-corrected chi connectivity index (χ1v) is 7.19. The molecular formula is C19H20N2. The average molecular weight is 276 g/mol. The van der Waals surface area contributed by atoms with Crippen LogP contribution in [0.15, 0.2) is 48.5 Å². The zero-order valence-corrected chi connectivity index (χ0v) is 12.8. The molecule has 0 amide bonds. The van der Waals surface area contributed by atoms with Crippen LogP contribution < -0.4 is 4.90 Å². The topological polar surface area (TPSA) is 27.0 Å². The number of allylic oxidation sites excluding steroid dienone is 1. The summed E-state index contributed by atoms with van der Waals surface area (Å²) < 4.78 is 0. The van der Waals surface area contributed by atoms with E-state index in [4.69, 9.17) is 5.26 Å². The average Bonchev–Trinajstić information content (AvgIpc) is 2.54. The lowest BCUT2D eigenvalue weighted by molar-refractivity contribution is 1.12. The largest absolute Gasteiger partial charge is 0.345 e. The summed E-state index contributed by atoms with van der Waals surface area (Å²) in [6, 6.07) is 16.3. The van der Waals surface area contributed by atoms with Crippen molar-refractivity contribution >= 4 is 17.5 Å². The molecule has 0 bridgehead atoms. The van der Waals surface area contributed by atoms with E-state index in [0.717, 1.165) is 17.8 Å². The van der Waals surface area contributed by atoms with Crippen molar-refractivity contribution in [1.82, 2.24) is 0 Å². The van der Waals surface area contributed by atoms with Crippen molar-refractivity contribution in [2.75, 3.05) is 11.9 Å². The first-order chi connectivity index (χ1) is 10.2. The van der Waals surface area contributed by atoms with E-state index >= 15 is 0 Å². The minimum Gasteiger partial charge on any atom is -0.345 e. The molecule has 21 heavy (non-hydrogen) atoms. The Morgan fingerprint density at radius 3 is 2.57 bits per heavy atom. The second kappa shape index (κ2) is 6.76. The van der Waals surface area contributed by atoms with Gasteiger partial charge in [-0.2, -0.15) is 5.26 Å². The van der Waals surface area contributed by atoms with Gasteiger partial charge in [0.15, 0.2) is 0 Å². The predicted molar refractivity (Wildman–Crippen MR) is 89.7 cm³/mol. The first-order valence-electron chi connectivity index (χ1n) is 7.19. The molecule has 0 spiro atoms. The van der Waals surface area contributed by atoms with Crippen molar-refractivity contribution in [3.05, 3.63) is 65.2 Å². The van der Waals surface area contributed by atoms with Crippen molar-refractivity contribution in [1.29, 1.82) is 5.26 Å². The van der Waals surface area contributed by atoms with Crippen LogP contribution in [0.5, 0.6) is 0 Å². The van der Waals surface area contributed by atoms with Crippen LogP contribution in [0, 0.1) is 11.3 Å². The first kappa shape index (κ1) is 14.9. The Morgan fingerprint density at radius 1 is 1.14 bits per heavy atom. The molecule has 0 fully saturated rings. The lowest BCUT2D eigenvalue weighted by atomic mass is 10.0. The molecule has 0 aliphatic carbocycles. The van der Waals surface area contributed by atoms with Gasteiger partial charge in [0.1, 0.15) is 0 Å². The number of anilines is 2. The number of aryl methyl sites for hydroxylation is 1. The zero-order chi connectivity index (χ0) is 15.2. The number of rotatable bonds is 4. The molecule has 0 aromatic heterocycles. The smallest absolute Gasteiger partial charge is 0.0992 e. The van der Waals surface area contributed by atoms with Crippen LogP contribution in [0.25, 0.3) is 6.08 Å². The van der Waals surface area contributed by atoms with Gasteiger partial charge in [0.2, 0.25) is 0 Å². The molecular weight excluding hydrogens is 256 g/mol. The molecule has 2 nitrogen and oxygen atoms in total. The fraction of sp³-hybridized carbons (Fsp3) is 0.211. The summed E-state index contributed by atoms with van der Waals surface area (Å²) >= 11 is 0. The highest BCUT2D eigenvalue weighted by Gasteiger charge is 2.07. The maximum Gasteiger partial charge on any atom is 0.0992 e. The van der Waals surface area contributed by atoms with Gasteiger partial charge in [-0.3, -0.25) is 0 Å². The summed E-state index contributed by atoms with van der Waals surface area (Å²) in [5.74, 6) is 0. The third-order valence-electron chi connectivity index (χ3n) is 3.61. The summed E-state index contributed by atoms with van der Waals surface area (Å²) in [6.07, 6.45) is 5.23. The van der Waals surface area contributed by atoms with Gasteiger partial charge in [0, 0.05) is 18.4 Å². The third-order valence-corrected chi connectivity index (χ3v) is 3.61.